The monoisotopic (exact) mass is 439 g/mol. The fourth-order valence-electron chi connectivity index (χ4n) is 3.17. The molecule has 30 heavy (non-hydrogen) atoms. The highest BCUT2D eigenvalue weighted by molar-refractivity contribution is 6.33. The Labute approximate surface area is 177 Å². The van der Waals surface area contributed by atoms with Crippen molar-refractivity contribution in [3.8, 4) is 17.2 Å². The van der Waals surface area contributed by atoms with Crippen molar-refractivity contribution < 1.29 is 22.3 Å². The molecule has 2 aromatic carbocycles. The van der Waals surface area contributed by atoms with E-state index in [1.807, 2.05) is 36.2 Å². The van der Waals surface area contributed by atoms with Crippen LogP contribution in [-0.4, -0.2) is 34.9 Å². The zero-order valence-electron chi connectivity index (χ0n) is 16.8. The number of hydrogen-bond acceptors (Lipinski definition) is 5. The average molecular weight is 440 g/mol. The minimum absolute atomic E-state index is 0.264. The highest BCUT2D eigenvalue weighted by Crippen LogP contribution is 2.28. The molecule has 160 valence electrons. The number of rotatable bonds is 7. The summed E-state index contributed by atoms with van der Waals surface area (Å²) in [6.45, 7) is 3.11. The molecule has 0 atom stereocenters. The summed E-state index contributed by atoms with van der Waals surface area (Å²) < 4.78 is 48.0. The highest BCUT2D eigenvalue weighted by atomic mass is 35.5. The van der Waals surface area contributed by atoms with Crippen LogP contribution in [0.4, 0.5) is 13.2 Å². The molecule has 0 amide bonds. The van der Waals surface area contributed by atoms with Crippen LogP contribution in [0.5, 0.6) is 5.75 Å². The third kappa shape index (κ3) is 5.73. The van der Waals surface area contributed by atoms with E-state index in [-0.39, 0.29) is 5.75 Å². The Morgan fingerprint density at radius 2 is 1.73 bits per heavy atom. The van der Waals surface area contributed by atoms with Crippen molar-refractivity contribution >= 4 is 11.6 Å². The number of halogens is 4. The van der Waals surface area contributed by atoms with Gasteiger partial charge in [-0.25, -0.2) is 0 Å². The van der Waals surface area contributed by atoms with Gasteiger partial charge in [0.25, 0.3) is 0 Å². The van der Waals surface area contributed by atoms with E-state index in [9.17, 15) is 13.2 Å². The fraction of sp³-hybridized carbons (Fsp3) is 0.333. The lowest BCUT2D eigenvalue weighted by molar-refractivity contribution is -0.153. The lowest BCUT2D eigenvalue weighted by atomic mass is 10.1. The molecule has 0 saturated carbocycles. The minimum Gasteiger partial charge on any atom is -0.484 e. The zero-order chi connectivity index (χ0) is 21.9. The van der Waals surface area contributed by atoms with Crippen LogP contribution in [0, 0.1) is 13.8 Å². The Morgan fingerprint density at radius 1 is 1.07 bits per heavy atom. The van der Waals surface area contributed by atoms with Crippen molar-refractivity contribution in [3.63, 3.8) is 0 Å². The van der Waals surface area contributed by atoms with E-state index in [0.29, 0.717) is 46.6 Å². The zero-order valence-corrected chi connectivity index (χ0v) is 17.5. The average Bonchev–Trinajstić information content (AvgIpc) is 3.08. The van der Waals surface area contributed by atoms with Gasteiger partial charge in [0.05, 0.1) is 17.1 Å². The molecule has 0 fully saturated rings. The smallest absolute Gasteiger partial charge is 0.422 e. The molecule has 0 aliphatic heterocycles. The van der Waals surface area contributed by atoms with Crippen LogP contribution in [0.1, 0.15) is 22.6 Å². The molecule has 0 N–H and O–H groups in total. The predicted octanol–water partition coefficient (Wildman–Crippen LogP) is 5.58. The van der Waals surface area contributed by atoms with Crippen molar-refractivity contribution in [2.24, 2.45) is 0 Å². The predicted molar refractivity (Wildman–Crippen MR) is 107 cm³/mol. The van der Waals surface area contributed by atoms with Crippen molar-refractivity contribution in [3.05, 3.63) is 64.0 Å². The molecule has 0 radical (unpaired) electrons. The molecule has 5 nitrogen and oxygen atoms in total. The van der Waals surface area contributed by atoms with Gasteiger partial charge in [-0.1, -0.05) is 35.9 Å². The SMILES string of the molecule is Cc1cc(CN(C)Cc2nnc(-c3ccccc3Cl)o2)cc(C)c1OCC(F)(F)F. The lowest BCUT2D eigenvalue weighted by Gasteiger charge is -2.18. The summed E-state index contributed by atoms with van der Waals surface area (Å²) in [5.41, 5.74) is 2.92. The molecule has 0 unspecified atom stereocenters. The van der Waals surface area contributed by atoms with Crippen LogP contribution in [0.15, 0.2) is 40.8 Å². The van der Waals surface area contributed by atoms with Crippen LogP contribution >= 0.6 is 11.6 Å². The van der Waals surface area contributed by atoms with E-state index in [2.05, 4.69) is 10.2 Å². The third-order valence-corrected chi connectivity index (χ3v) is 4.66. The summed E-state index contributed by atoms with van der Waals surface area (Å²) in [6, 6.07) is 10.8. The summed E-state index contributed by atoms with van der Waals surface area (Å²) in [6.07, 6.45) is -4.37. The number of benzene rings is 2. The Kier molecular flexibility index (Phi) is 6.67. The highest BCUT2D eigenvalue weighted by Gasteiger charge is 2.29. The molecule has 0 aliphatic carbocycles. The molecule has 3 rings (SSSR count). The summed E-state index contributed by atoms with van der Waals surface area (Å²) in [5.74, 6) is 1.05. The van der Waals surface area contributed by atoms with Gasteiger partial charge in [0.2, 0.25) is 11.8 Å². The van der Waals surface area contributed by atoms with Gasteiger partial charge >= 0.3 is 6.18 Å². The standard InChI is InChI=1S/C21H21ClF3N3O2/c1-13-8-15(9-14(2)19(13)29-12-21(23,24)25)10-28(3)11-18-26-27-20(30-18)16-6-4-5-7-17(16)22/h4-9H,10-12H2,1-3H3. The van der Waals surface area contributed by atoms with E-state index in [1.54, 1.807) is 26.0 Å². The summed E-state index contributed by atoms with van der Waals surface area (Å²) >= 11 is 6.16. The maximum Gasteiger partial charge on any atom is 0.422 e. The van der Waals surface area contributed by atoms with Gasteiger partial charge in [0.15, 0.2) is 6.61 Å². The van der Waals surface area contributed by atoms with Crippen LogP contribution in [-0.2, 0) is 13.1 Å². The second-order valence-electron chi connectivity index (χ2n) is 7.12. The molecule has 1 aromatic heterocycles. The number of alkyl halides is 3. The van der Waals surface area contributed by atoms with Crippen molar-refractivity contribution in [1.82, 2.24) is 15.1 Å². The molecule has 9 heteroatoms. The van der Waals surface area contributed by atoms with Crippen LogP contribution < -0.4 is 4.74 Å². The second-order valence-corrected chi connectivity index (χ2v) is 7.52. The molecule has 0 spiro atoms. The maximum absolute atomic E-state index is 12.4. The first-order chi connectivity index (χ1) is 14.1. The fourth-order valence-corrected chi connectivity index (χ4v) is 3.39. The molecule has 0 saturated heterocycles. The van der Waals surface area contributed by atoms with E-state index in [1.165, 1.54) is 0 Å². The van der Waals surface area contributed by atoms with Gasteiger partial charge in [0, 0.05) is 6.54 Å². The largest absolute Gasteiger partial charge is 0.484 e. The lowest BCUT2D eigenvalue weighted by Crippen LogP contribution is -2.20. The number of aromatic nitrogens is 2. The topological polar surface area (TPSA) is 51.4 Å². The van der Waals surface area contributed by atoms with Gasteiger partial charge in [0.1, 0.15) is 5.75 Å². The van der Waals surface area contributed by atoms with Gasteiger partial charge in [-0.3, -0.25) is 4.90 Å². The van der Waals surface area contributed by atoms with Crippen molar-refractivity contribution in [2.75, 3.05) is 13.7 Å². The van der Waals surface area contributed by atoms with E-state index in [0.717, 1.165) is 5.56 Å². The van der Waals surface area contributed by atoms with E-state index >= 15 is 0 Å². The molecule has 1 heterocycles. The summed E-state index contributed by atoms with van der Waals surface area (Å²) in [7, 11) is 1.89. The first kappa shape index (κ1) is 22.1. The second kappa shape index (κ2) is 9.06. The van der Waals surface area contributed by atoms with E-state index in [4.69, 9.17) is 20.8 Å². The first-order valence-corrected chi connectivity index (χ1v) is 9.55. The van der Waals surface area contributed by atoms with Crippen LogP contribution in [0.25, 0.3) is 11.5 Å². The van der Waals surface area contributed by atoms with Gasteiger partial charge in [-0.05, 0) is 49.7 Å². The number of ether oxygens (including phenoxy) is 1. The Balaban J connectivity index is 1.65. The molecule has 0 aliphatic rings. The van der Waals surface area contributed by atoms with Crippen molar-refractivity contribution in [1.29, 1.82) is 0 Å². The van der Waals surface area contributed by atoms with Gasteiger partial charge < -0.3 is 9.15 Å². The number of aryl methyl sites for hydroxylation is 2. The maximum atomic E-state index is 12.4. The van der Waals surface area contributed by atoms with Gasteiger partial charge in [-0.15, -0.1) is 10.2 Å². The number of hydrogen-bond donors (Lipinski definition) is 0. The Morgan fingerprint density at radius 3 is 2.37 bits per heavy atom. The summed E-state index contributed by atoms with van der Waals surface area (Å²) in [4.78, 5) is 1.97. The third-order valence-electron chi connectivity index (χ3n) is 4.33. The minimum atomic E-state index is -4.37. The van der Waals surface area contributed by atoms with Crippen LogP contribution in [0.2, 0.25) is 5.02 Å². The molecular weight excluding hydrogens is 419 g/mol. The van der Waals surface area contributed by atoms with Crippen LogP contribution in [0.3, 0.4) is 0 Å². The normalized spacial score (nSPS) is 11.9. The first-order valence-electron chi connectivity index (χ1n) is 9.18. The molecular formula is C21H21ClF3N3O2. The quantitative estimate of drug-likeness (QED) is 0.481. The number of nitrogens with zero attached hydrogens (tertiary/aromatic N) is 3. The van der Waals surface area contributed by atoms with Gasteiger partial charge in [-0.2, -0.15) is 13.2 Å². The Hall–Kier alpha value is -2.58. The van der Waals surface area contributed by atoms with E-state index < -0.39 is 12.8 Å². The van der Waals surface area contributed by atoms with Crippen molar-refractivity contribution in [2.45, 2.75) is 33.1 Å². The Bertz CT molecular complexity index is 998. The molecule has 3 aromatic rings. The summed E-state index contributed by atoms with van der Waals surface area (Å²) in [5, 5.41) is 8.65. The molecule has 0 bridgehead atoms.